The molecule has 0 unspecified atom stereocenters. The minimum absolute atomic E-state index is 0.417. The van der Waals surface area contributed by atoms with Crippen LogP contribution < -0.4 is 16.4 Å². The molecule has 1 aliphatic rings. The third-order valence-electron chi connectivity index (χ3n) is 3.57. The SMILES string of the molecule is NC(=O)c1ccc(Nc2nc(CN3CCNCC3)cs2)cc1. The number of aromatic nitrogens is 1. The summed E-state index contributed by atoms with van der Waals surface area (Å²) in [6.45, 7) is 5.10. The summed E-state index contributed by atoms with van der Waals surface area (Å²) < 4.78 is 0. The molecule has 1 saturated heterocycles. The fourth-order valence-corrected chi connectivity index (χ4v) is 3.10. The fourth-order valence-electron chi connectivity index (χ4n) is 2.38. The van der Waals surface area contributed by atoms with Crippen LogP contribution in [-0.2, 0) is 6.54 Å². The van der Waals surface area contributed by atoms with Gasteiger partial charge in [0.15, 0.2) is 5.13 Å². The Bertz CT molecular complexity index is 634. The van der Waals surface area contributed by atoms with E-state index in [1.807, 2.05) is 12.1 Å². The zero-order chi connectivity index (χ0) is 15.4. The van der Waals surface area contributed by atoms with Crippen LogP contribution in [0.3, 0.4) is 0 Å². The molecule has 3 rings (SSSR count). The van der Waals surface area contributed by atoms with Crippen LogP contribution in [0.1, 0.15) is 16.1 Å². The molecule has 7 heteroatoms. The summed E-state index contributed by atoms with van der Waals surface area (Å²) in [5, 5.41) is 9.54. The lowest BCUT2D eigenvalue weighted by molar-refractivity contribution is 0.100. The summed E-state index contributed by atoms with van der Waals surface area (Å²) >= 11 is 1.59. The van der Waals surface area contributed by atoms with Crippen molar-refractivity contribution in [2.45, 2.75) is 6.54 Å². The van der Waals surface area contributed by atoms with E-state index in [4.69, 9.17) is 5.73 Å². The number of carbonyl (C=O) groups is 1. The average molecular weight is 317 g/mol. The predicted octanol–water partition coefficient (Wildman–Crippen LogP) is 1.39. The molecule has 6 nitrogen and oxygen atoms in total. The molecule has 22 heavy (non-hydrogen) atoms. The number of nitrogens with zero attached hydrogens (tertiary/aromatic N) is 2. The number of benzene rings is 1. The molecule has 1 fully saturated rings. The molecular formula is C15H19N5OS. The van der Waals surface area contributed by atoms with Gasteiger partial charge in [0.2, 0.25) is 5.91 Å². The quantitative estimate of drug-likeness (QED) is 0.776. The highest BCUT2D eigenvalue weighted by molar-refractivity contribution is 7.13. The van der Waals surface area contributed by atoms with Gasteiger partial charge in [-0.3, -0.25) is 9.69 Å². The zero-order valence-electron chi connectivity index (χ0n) is 12.2. The standard InChI is InChI=1S/C15H19N5OS/c16-14(21)11-1-3-12(4-2-11)18-15-19-13(10-22-15)9-20-7-5-17-6-8-20/h1-4,10,17H,5-9H2,(H2,16,21)(H,18,19). The molecular weight excluding hydrogens is 298 g/mol. The largest absolute Gasteiger partial charge is 0.366 e. The van der Waals surface area contributed by atoms with Gasteiger partial charge in [0.25, 0.3) is 0 Å². The van der Waals surface area contributed by atoms with Crippen LogP contribution >= 0.6 is 11.3 Å². The molecule has 1 aromatic carbocycles. The summed E-state index contributed by atoms with van der Waals surface area (Å²) in [5.74, 6) is -0.417. The van der Waals surface area contributed by atoms with Crippen LogP contribution in [0, 0.1) is 0 Å². The van der Waals surface area contributed by atoms with Crippen LogP contribution in [0.25, 0.3) is 0 Å². The second-order valence-corrected chi connectivity index (χ2v) is 6.09. The van der Waals surface area contributed by atoms with E-state index in [1.54, 1.807) is 23.5 Å². The second kappa shape index (κ2) is 6.87. The van der Waals surface area contributed by atoms with E-state index >= 15 is 0 Å². The highest BCUT2D eigenvalue weighted by Gasteiger charge is 2.12. The molecule has 0 saturated carbocycles. The molecule has 1 aliphatic heterocycles. The lowest BCUT2D eigenvalue weighted by Crippen LogP contribution is -2.42. The number of nitrogens with one attached hydrogen (secondary N) is 2. The van der Waals surface area contributed by atoms with Crippen LogP contribution in [0.4, 0.5) is 10.8 Å². The number of piperazine rings is 1. The van der Waals surface area contributed by atoms with E-state index < -0.39 is 5.91 Å². The molecule has 0 aliphatic carbocycles. The number of thiazole rings is 1. The lowest BCUT2D eigenvalue weighted by atomic mass is 10.2. The highest BCUT2D eigenvalue weighted by Crippen LogP contribution is 2.22. The van der Waals surface area contributed by atoms with Crippen molar-refractivity contribution in [3.05, 3.63) is 40.9 Å². The molecule has 2 heterocycles. The van der Waals surface area contributed by atoms with Gasteiger partial charge in [0.05, 0.1) is 5.69 Å². The normalized spacial score (nSPS) is 15.6. The van der Waals surface area contributed by atoms with Gasteiger partial charge in [-0.15, -0.1) is 11.3 Å². The summed E-state index contributed by atoms with van der Waals surface area (Å²) in [4.78, 5) is 18.1. The van der Waals surface area contributed by atoms with Crippen molar-refractivity contribution < 1.29 is 4.79 Å². The minimum atomic E-state index is -0.417. The summed E-state index contributed by atoms with van der Waals surface area (Å²) in [6, 6.07) is 7.08. The number of carbonyl (C=O) groups excluding carboxylic acids is 1. The third kappa shape index (κ3) is 3.82. The first-order chi connectivity index (χ1) is 10.7. The Kier molecular flexibility index (Phi) is 4.67. The first-order valence-corrected chi connectivity index (χ1v) is 8.13. The van der Waals surface area contributed by atoms with Crippen molar-refractivity contribution in [3.8, 4) is 0 Å². The van der Waals surface area contributed by atoms with Gasteiger partial charge in [-0.1, -0.05) is 0 Å². The van der Waals surface area contributed by atoms with E-state index in [0.29, 0.717) is 5.56 Å². The van der Waals surface area contributed by atoms with Gasteiger partial charge in [0, 0.05) is 49.4 Å². The van der Waals surface area contributed by atoms with Gasteiger partial charge in [-0.2, -0.15) is 0 Å². The number of rotatable bonds is 5. The summed E-state index contributed by atoms with van der Waals surface area (Å²) in [5.41, 5.74) is 7.72. The predicted molar refractivity (Wildman–Crippen MR) is 88.5 cm³/mol. The molecule has 0 bridgehead atoms. The number of nitrogens with two attached hydrogens (primary N) is 1. The maximum Gasteiger partial charge on any atom is 0.248 e. The van der Waals surface area contributed by atoms with Crippen molar-refractivity contribution in [2.75, 3.05) is 31.5 Å². The van der Waals surface area contributed by atoms with E-state index in [1.165, 1.54) is 0 Å². The van der Waals surface area contributed by atoms with Gasteiger partial charge >= 0.3 is 0 Å². The van der Waals surface area contributed by atoms with Crippen molar-refractivity contribution in [2.24, 2.45) is 5.73 Å². The topological polar surface area (TPSA) is 83.3 Å². The zero-order valence-corrected chi connectivity index (χ0v) is 13.0. The van der Waals surface area contributed by atoms with Crippen molar-refractivity contribution in [3.63, 3.8) is 0 Å². The molecule has 0 spiro atoms. The first kappa shape index (κ1) is 15.0. The second-order valence-electron chi connectivity index (χ2n) is 5.24. The van der Waals surface area contributed by atoms with Gasteiger partial charge in [0.1, 0.15) is 0 Å². The monoisotopic (exact) mass is 317 g/mol. The number of hydrogen-bond acceptors (Lipinski definition) is 6. The van der Waals surface area contributed by atoms with Crippen molar-refractivity contribution in [1.82, 2.24) is 15.2 Å². The number of anilines is 2. The fraction of sp³-hybridized carbons (Fsp3) is 0.333. The number of primary amides is 1. The minimum Gasteiger partial charge on any atom is -0.366 e. The number of hydrogen-bond donors (Lipinski definition) is 3. The van der Waals surface area contributed by atoms with Crippen LogP contribution in [0.5, 0.6) is 0 Å². The Morgan fingerprint density at radius 1 is 1.32 bits per heavy atom. The Balaban J connectivity index is 1.60. The Morgan fingerprint density at radius 3 is 2.73 bits per heavy atom. The van der Waals surface area contributed by atoms with Crippen LogP contribution in [0.2, 0.25) is 0 Å². The average Bonchev–Trinajstić information content (AvgIpc) is 2.96. The van der Waals surface area contributed by atoms with E-state index in [9.17, 15) is 4.79 Å². The first-order valence-electron chi connectivity index (χ1n) is 7.25. The maximum absolute atomic E-state index is 11.0. The van der Waals surface area contributed by atoms with E-state index in [2.05, 4.69) is 25.9 Å². The van der Waals surface area contributed by atoms with E-state index in [0.717, 1.165) is 49.2 Å². The highest BCUT2D eigenvalue weighted by atomic mass is 32.1. The number of amides is 1. The Hall–Kier alpha value is -1.96. The van der Waals surface area contributed by atoms with Gasteiger partial charge in [-0.05, 0) is 24.3 Å². The Labute approximate surface area is 133 Å². The molecule has 0 radical (unpaired) electrons. The Morgan fingerprint density at radius 2 is 2.05 bits per heavy atom. The van der Waals surface area contributed by atoms with Crippen LogP contribution in [-0.4, -0.2) is 42.0 Å². The third-order valence-corrected chi connectivity index (χ3v) is 4.37. The molecule has 1 amide bonds. The molecule has 116 valence electrons. The van der Waals surface area contributed by atoms with Crippen molar-refractivity contribution >= 4 is 28.1 Å². The smallest absolute Gasteiger partial charge is 0.248 e. The maximum atomic E-state index is 11.0. The summed E-state index contributed by atoms with van der Waals surface area (Å²) in [7, 11) is 0. The molecule has 2 aromatic rings. The molecule has 4 N–H and O–H groups in total. The van der Waals surface area contributed by atoms with E-state index in [-0.39, 0.29) is 0 Å². The van der Waals surface area contributed by atoms with Crippen LogP contribution in [0.15, 0.2) is 29.6 Å². The molecule has 0 atom stereocenters. The van der Waals surface area contributed by atoms with Gasteiger partial charge in [-0.25, -0.2) is 4.98 Å². The van der Waals surface area contributed by atoms with Crippen molar-refractivity contribution in [1.29, 1.82) is 0 Å². The lowest BCUT2D eigenvalue weighted by Gasteiger charge is -2.26. The summed E-state index contributed by atoms with van der Waals surface area (Å²) in [6.07, 6.45) is 0. The van der Waals surface area contributed by atoms with Gasteiger partial charge < -0.3 is 16.4 Å². The molecule has 1 aromatic heterocycles.